The first kappa shape index (κ1) is 15.3. The molecule has 0 atom stereocenters. The maximum atomic E-state index is 13.7. The minimum absolute atomic E-state index is 0.0609. The lowest BCUT2D eigenvalue weighted by atomic mass is 10.3. The number of hydrogen-bond donors (Lipinski definition) is 2. The van der Waals surface area contributed by atoms with E-state index < -0.39 is 15.8 Å². The van der Waals surface area contributed by atoms with Crippen LogP contribution >= 0.6 is 11.6 Å². The largest absolute Gasteiger partial charge is 0.492 e. The molecule has 0 saturated heterocycles. The second-order valence-electron chi connectivity index (χ2n) is 3.87. The standard InChI is InChI=1S/C11H10ClFN4O3S/c1-20-11-7(13)4-6(5-8(11)14)21(18,19)17-10-3-2-9(12)15-16-10/h2-5H,14H2,1H3,(H,16,17). The lowest BCUT2D eigenvalue weighted by Gasteiger charge is -2.10. The van der Waals surface area contributed by atoms with E-state index in [1.54, 1.807) is 0 Å². The van der Waals surface area contributed by atoms with Crippen molar-refractivity contribution in [3.05, 3.63) is 35.2 Å². The van der Waals surface area contributed by atoms with Gasteiger partial charge in [0.05, 0.1) is 17.7 Å². The van der Waals surface area contributed by atoms with E-state index in [-0.39, 0.29) is 27.3 Å². The van der Waals surface area contributed by atoms with E-state index in [2.05, 4.69) is 14.9 Å². The van der Waals surface area contributed by atoms with Gasteiger partial charge in [-0.15, -0.1) is 10.2 Å². The van der Waals surface area contributed by atoms with Crippen molar-refractivity contribution in [1.82, 2.24) is 10.2 Å². The normalized spacial score (nSPS) is 11.2. The monoisotopic (exact) mass is 332 g/mol. The van der Waals surface area contributed by atoms with Crippen molar-refractivity contribution in [2.75, 3.05) is 17.6 Å². The van der Waals surface area contributed by atoms with E-state index in [0.29, 0.717) is 0 Å². The van der Waals surface area contributed by atoms with Gasteiger partial charge in [-0.25, -0.2) is 12.8 Å². The van der Waals surface area contributed by atoms with Gasteiger partial charge in [-0.1, -0.05) is 11.6 Å². The molecule has 0 bridgehead atoms. The zero-order chi connectivity index (χ0) is 15.6. The van der Waals surface area contributed by atoms with Crippen LogP contribution < -0.4 is 15.2 Å². The fourth-order valence-electron chi connectivity index (χ4n) is 1.53. The third kappa shape index (κ3) is 3.31. The topological polar surface area (TPSA) is 107 Å². The van der Waals surface area contributed by atoms with Crippen molar-refractivity contribution in [2.45, 2.75) is 4.90 Å². The molecule has 112 valence electrons. The highest BCUT2D eigenvalue weighted by molar-refractivity contribution is 7.92. The highest BCUT2D eigenvalue weighted by atomic mass is 35.5. The Hall–Kier alpha value is -2.13. The Morgan fingerprint density at radius 3 is 2.57 bits per heavy atom. The summed E-state index contributed by atoms with van der Waals surface area (Å²) in [6.45, 7) is 0. The molecule has 3 N–H and O–H groups in total. The number of benzene rings is 1. The van der Waals surface area contributed by atoms with Gasteiger partial charge in [0.25, 0.3) is 10.0 Å². The van der Waals surface area contributed by atoms with Crippen LogP contribution in [-0.2, 0) is 10.0 Å². The number of hydrogen-bond acceptors (Lipinski definition) is 6. The van der Waals surface area contributed by atoms with Crippen LogP contribution in [0.4, 0.5) is 15.9 Å². The highest BCUT2D eigenvalue weighted by Gasteiger charge is 2.20. The number of methoxy groups -OCH3 is 1. The molecular formula is C11H10ClFN4O3S. The van der Waals surface area contributed by atoms with E-state index in [1.807, 2.05) is 0 Å². The van der Waals surface area contributed by atoms with Gasteiger partial charge in [0.1, 0.15) is 0 Å². The third-order valence-corrected chi connectivity index (χ3v) is 3.97. The summed E-state index contributed by atoms with van der Waals surface area (Å²) in [5.74, 6) is -1.17. The molecule has 0 aliphatic carbocycles. The van der Waals surface area contributed by atoms with Gasteiger partial charge >= 0.3 is 0 Å². The van der Waals surface area contributed by atoms with E-state index in [4.69, 9.17) is 22.1 Å². The molecule has 0 unspecified atom stereocenters. The number of aromatic nitrogens is 2. The van der Waals surface area contributed by atoms with Gasteiger partial charge in [-0.05, 0) is 24.3 Å². The summed E-state index contributed by atoms with van der Waals surface area (Å²) >= 11 is 5.54. The number of rotatable bonds is 4. The number of nitrogens with two attached hydrogens (primary N) is 1. The van der Waals surface area contributed by atoms with Crippen LogP contribution in [-0.4, -0.2) is 25.7 Å². The number of nitrogens with one attached hydrogen (secondary N) is 1. The van der Waals surface area contributed by atoms with E-state index >= 15 is 0 Å². The average molecular weight is 333 g/mol. The number of nitrogens with zero attached hydrogens (tertiary/aromatic N) is 2. The van der Waals surface area contributed by atoms with Gasteiger partial charge < -0.3 is 10.5 Å². The zero-order valence-corrected chi connectivity index (χ0v) is 12.2. The van der Waals surface area contributed by atoms with Crippen LogP contribution in [0.25, 0.3) is 0 Å². The van der Waals surface area contributed by atoms with Crippen molar-refractivity contribution in [1.29, 1.82) is 0 Å². The first-order chi connectivity index (χ1) is 9.83. The Kier molecular flexibility index (Phi) is 4.14. The molecule has 1 aromatic carbocycles. The van der Waals surface area contributed by atoms with Crippen LogP contribution in [0.2, 0.25) is 5.15 Å². The Balaban J connectivity index is 2.38. The lowest BCUT2D eigenvalue weighted by Crippen LogP contribution is -2.15. The molecule has 0 fully saturated rings. The number of nitrogen functional groups attached to an aromatic ring is 1. The Bertz CT molecular complexity index is 745. The maximum Gasteiger partial charge on any atom is 0.263 e. The quantitative estimate of drug-likeness (QED) is 0.824. The van der Waals surface area contributed by atoms with Gasteiger partial charge in [0, 0.05) is 0 Å². The van der Waals surface area contributed by atoms with Gasteiger partial charge in [-0.3, -0.25) is 4.72 Å². The Morgan fingerprint density at radius 1 is 1.33 bits per heavy atom. The summed E-state index contributed by atoms with van der Waals surface area (Å²) in [4.78, 5) is -0.366. The average Bonchev–Trinajstić information content (AvgIpc) is 2.41. The predicted octanol–water partition coefficient (Wildman–Crippen LogP) is 1.66. The van der Waals surface area contributed by atoms with Crippen LogP contribution in [0, 0.1) is 5.82 Å². The van der Waals surface area contributed by atoms with Crippen molar-refractivity contribution in [2.24, 2.45) is 0 Å². The molecule has 21 heavy (non-hydrogen) atoms. The summed E-state index contributed by atoms with van der Waals surface area (Å²) in [6, 6.07) is 4.54. The first-order valence-electron chi connectivity index (χ1n) is 5.48. The minimum atomic E-state index is -4.07. The number of anilines is 2. The molecule has 2 rings (SSSR count). The van der Waals surface area contributed by atoms with E-state index in [9.17, 15) is 12.8 Å². The first-order valence-corrected chi connectivity index (χ1v) is 7.34. The molecular weight excluding hydrogens is 323 g/mol. The molecule has 1 aromatic heterocycles. The lowest BCUT2D eigenvalue weighted by molar-refractivity contribution is 0.388. The summed E-state index contributed by atoms with van der Waals surface area (Å²) < 4.78 is 44.8. The number of sulfonamides is 1. The zero-order valence-electron chi connectivity index (χ0n) is 10.7. The summed E-state index contributed by atoms with van der Waals surface area (Å²) in [6.07, 6.45) is 0. The predicted molar refractivity (Wildman–Crippen MR) is 75.2 cm³/mol. The van der Waals surface area contributed by atoms with Gasteiger partial charge in [0.2, 0.25) is 0 Å². The molecule has 0 saturated carbocycles. The van der Waals surface area contributed by atoms with Crippen LogP contribution in [0.1, 0.15) is 0 Å². The fourth-order valence-corrected chi connectivity index (χ4v) is 2.67. The molecule has 0 amide bonds. The number of ether oxygens (including phenoxy) is 1. The molecule has 0 aliphatic heterocycles. The molecule has 0 aliphatic rings. The molecule has 0 radical (unpaired) electrons. The molecule has 10 heteroatoms. The fraction of sp³-hybridized carbons (Fsp3) is 0.0909. The summed E-state index contributed by atoms with van der Waals surface area (Å²) in [7, 11) is -2.84. The second-order valence-corrected chi connectivity index (χ2v) is 5.94. The van der Waals surface area contributed by atoms with Crippen LogP contribution in [0.15, 0.2) is 29.2 Å². The van der Waals surface area contributed by atoms with Crippen LogP contribution in [0.3, 0.4) is 0 Å². The molecule has 2 aromatic rings. The van der Waals surface area contributed by atoms with Crippen molar-refractivity contribution < 1.29 is 17.5 Å². The highest BCUT2D eigenvalue weighted by Crippen LogP contribution is 2.29. The van der Waals surface area contributed by atoms with Crippen molar-refractivity contribution in [3.8, 4) is 5.75 Å². The van der Waals surface area contributed by atoms with Gasteiger partial charge in [0.15, 0.2) is 22.5 Å². The SMILES string of the molecule is COc1c(N)cc(S(=O)(=O)Nc2ccc(Cl)nn2)cc1F. The van der Waals surface area contributed by atoms with Crippen LogP contribution in [0.5, 0.6) is 5.75 Å². The molecule has 1 heterocycles. The smallest absolute Gasteiger partial charge is 0.263 e. The third-order valence-electron chi connectivity index (χ3n) is 2.43. The van der Waals surface area contributed by atoms with E-state index in [0.717, 1.165) is 12.1 Å². The minimum Gasteiger partial charge on any atom is -0.492 e. The summed E-state index contributed by atoms with van der Waals surface area (Å²) in [5, 5.41) is 7.14. The van der Waals surface area contributed by atoms with Crippen molar-refractivity contribution >= 4 is 33.1 Å². The Morgan fingerprint density at radius 2 is 2.05 bits per heavy atom. The van der Waals surface area contributed by atoms with Gasteiger partial charge in [-0.2, -0.15) is 0 Å². The molecule has 0 spiro atoms. The second kappa shape index (κ2) is 5.70. The van der Waals surface area contributed by atoms with Crippen molar-refractivity contribution in [3.63, 3.8) is 0 Å². The van der Waals surface area contributed by atoms with E-state index in [1.165, 1.54) is 19.2 Å². The Labute approximate surface area is 124 Å². The summed E-state index contributed by atoms with van der Waals surface area (Å²) in [5.41, 5.74) is 5.40. The molecule has 7 nitrogen and oxygen atoms in total. The maximum absolute atomic E-state index is 13.7. The number of halogens is 2.